The van der Waals surface area contributed by atoms with Gasteiger partial charge in [-0.1, -0.05) is 0 Å². The van der Waals surface area contributed by atoms with Gasteiger partial charge in [0, 0.05) is 47.0 Å². The second-order valence-corrected chi connectivity index (χ2v) is 7.10. The fraction of sp³-hybridized carbons (Fsp3) is 0.889. The first-order valence-electron chi connectivity index (χ1n) is 5.35. The molecule has 1 saturated heterocycles. The number of hydrogen-bond acceptors (Lipinski definition) is 4. The van der Waals surface area contributed by atoms with Crippen LogP contribution in [0.2, 0.25) is 6.04 Å². The van der Waals surface area contributed by atoms with E-state index in [1.807, 2.05) is 0 Å². The monoisotopic (exact) mass is 264 g/mol. The molecule has 0 bridgehead atoms. The first kappa shape index (κ1) is 13.9. The van der Waals surface area contributed by atoms with E-state index in [2.05, 4.69) is 10.2 Å². The van der Waals surface area contributed by atoms with Crippen LogP contribution in [0.3, 0.4) is 0 Å². The number of nitrogens with zero attached hydrogens (tertiary/aromatic N) is 1. The zero-order chi connectivity index (χ0) is 12.0. The second-order valence-electron chi connectivity index (χ2n) is 3.62. The number of rotatable bonds is 7. The summed E-state index contributed by atoms with van der Waals surface area (Å²) in [5, 5.41) is 3.98. The molecule has 1 aliphatic rings. The van der Waals surface area contributed by atoms with E-state index in [4.69, 9.17) is 25.5 Å². The maximum absolute atomic E-state index is 5.36. The Morgan fingerprint density at radius 3 is 2.38 bits per heavy atom. The highest BCUT2D eigenvalue weighted by Gasteiger charge is 2.37. The van der Waals surface area contributed by atoms with E-state index in [9.17, 15) is 0 Å². The second kappa shape index (κ2) is 6.50. The Morgan fingerprint density at radius 2 is 1.94 bits per heavy atom. The van der Waals surface area contributed by atoms with Gasteiger partial charge in [-0.05, 0) is 18.6 Å². The topological polar surface area (TPSA) is 43.0 Å². The molecular formula is C9H20N2O3SSi. The fourth-order valence-corrected chi connectivity index (χ4v) is 3.76. The van der Waals surface area contributed by atoms with Gasteiger partial charge < -0.3 is 23.5 Å². The van der Waals surface area contributed by atoms with Gasteiger partial charge in [-0.3, -0.25) is 0 Å². The molecule has 1 N–H and O–H groups in total. The van der Waals surface area contributed by atoms with Gasteiger partial charge in [0.1, 0.15) is 0 Å². The van der Waals surface area contributed by atoms with Gasteiger partial charge in [-0.15, -0.1) is 0 Å². The van der Waals surface area contributed by atoms with Crippen LogP contribution in [-0.4, -0.2) is 59.8 Å². The molecule has 0 aliphatic carbocycles. The molecule has 1 heterocycles. The maximum atomic E-state index is 5.36. The standard InChI is InChI=1S/C9H20N2O3SSi/c1-12-16(13-2,14-3)8-4-6-11-7-5-10-9(11)15/h4-8H2,1-3H3,(H,10,15). The molecule has 16 heavy (non-hydrogen) atoms. The Balaban J connectivity index is 2.30. The van der Waals surface area contributed by atoms with Crippen molar-refractivity contribution >= 4 is 26.1 Å². The summed E-state index contributed by atoms with van der Waals surface area (Å²) in [6.45, 7) is 2.86. The van der Waals surface area contributed by atoms with Crippen LogP contribution >= 0.6 is 12.2 Å². The molecule has 1 fully saturated rings. The molecule has 0 radical (unpaired) electrons. The molecule has 0 aromatic rings. The number of nitrogens with one attached hydrogen (secondary N) is 1. The third kappa shape index (κ3) is 3.39. The van der Waals surface area contributed by atoms with Crippen molar-refractivity contribution in [2.75, 3.05) is 41.0 Å². The van der Waals surface area contributed by atoms with Crippen LogP contribution in [0.15, 0.2) is 0 Å². The quantitative estimate of drug-likeness (QED) is 0.532. The van der Waals surface area contributed by atoms with E-state index < -0.39 is 8.80 Å². The van der Waals surface area contributed by atoms with Gasteiger partial charge in [0.05, 0.1) is 0 Å². The third-order valence-corrected chi connectivity index (χ3v) is 6.02. The van der Waals surface area contributed by atoms with E-state index in [0.717, 1.165) is 37.2 Å². The molecule has 0 aromatic carbocycles. The lowest BCUT2D eigenvalue weighted by atomic mass is 10.4. The zero-order valence-corrected chi connectivity index (χ0v) is 11.9. The Morgan fingerprint density at radius 1 is 1.31 bits per heavy atom. The predicted molar refractivity (Wildman–Crippen MR) is 68.4 cm³/mol. The Bertz CT molecular complexity index is 231. The SMILES string of the molecule is CO[Si](CCCN1CCNC1=S)(OC)OC. The van der Waals surface area contributed by atoms with Crippen LogP contribution < -0.4 is 5.32 Å². The fourth-order valence-electron chi connectivity index (χ4n) is 1.77. The van der Waals surface area contributed by atoms with Crippen LogP contribution in [-0.2, 0) is 13.3 Å². The predicted octanol–water partition coefficient (Wildman–Crippen LogP) is 0.445. The highest BCUT2D eigenvalue weighted by Crippen LogP contribution is 2.15. The Hall–Kier alpha value is -0.213. The lowest BCUT2D eigenvalue weighted by Gasteiger charge is -2.25. The Kier molecular flexibility index (Phi) is 5.63. The van der Waals surface area contributed by atoms with Crippen molar-refractivity contribution in [1.29, 1.82) is 0 Å². The van der Waals surface area contributed by atoms with Crippen molar-refractivity contribution in [3.8, 4) is 0 Å². The summed E-state index contributed by atoms with van der Waals surface area (Å²) in [5.41, 5.74) is 0. The minimum atomic E-state index is -2.40. The summed E-state index contributed by atoms with van der Waals surface area (Å²) in [6, 6.07) is 0.815. The molecule has 0 amide bonds. The molecule has 0 aromatic heterocycles. The molecule has 1 rings (SSSR count). The van der Waals surface area contributed by atoms with Gasteiger partial charge in [0.25, 0.3) is 0 Å². The largest absolute Gasteiger partial charge is 0.500 e. The van der Waals surface area contributed by atoms with Crippen LogP contribution in [0.4, 0.5) is 0 Å². The van der Waals surface area contributed by atoms with Crippen molar-refractivity contribution in [2.45, 2.75) is 12.5 Å². The zero-order valence-electron chi connectivity index (χ0n) is 10.1. The molecular weight excluding hydrogens is 244 g/mol. The smallest absolute Gasteiger partial charge is 0.377 e. The molecule has 0 unspecified atom stereocenters. The first-order chi connectivity index (χ1) is 7.67. The summed E-state index contributed by atoms with van der Waals surface area (Å²) in [6.07, 6.45) is 0.962. The molecule has 0 spiro atoms. The summed E-state index contributed by atoms with van der Waals surface area (Å²) < 4.78 is 16.1. The van der Waals surface area contributed by atoms with Crippen molar-refractivity contribution in [2.24, 2.45) is 0 Å². The van der Waals surface area contributed by atoms with E-state index in [1.54, 1.807) is 21.3 Å². The number of hydrogen-bond donors (Lipinski definition) is 1. The van der Waals surface area contributed by atoms with Crippen LogP contribution in [0.25, 0.3) is 0 Å². The van der Waals surface area contributed by atoms with E-state index in [-0.39, 0.29) is 0 Å². The number of thiocarbonyl (C=S) groups is 1. The summed E-state index contributed by atoms with van der Waals surface area (Å²) >= 11 is 5.16. The summed E-state index contributed by atoms with van der Waals surface area (Å²) in [5.74, 6) is 0. The molecule has 94 valence electrons. The van der Waals surface area contributed by atoms with Crippen LogP contribution in [0, 0.1) is 0 Å². The average Bonchev–Trinajstić information content (AvgIpc) is 2.71. The first-order valence-corrected chi connectivity index (χ1v) is 7.69. The molecule has 0 saturated carbocycles. The van der Waals surface area contributed by atoms with Crippen molar-refractivity contribution in [3.63, 3.8) is 0 Å². The molecule has 0 atom stereocenters. The van der Waals surface area contributed by atoms with Gasteiger partial charge in [0.15, 0.2) is 5.11 Å². The van der Waals surface area contributed by atoms with Gasteiger partial charge >= 0.3 is 8.80 Å². The summed E-state index contributed by atoms with van der Waals surface area (Å²) in [7, 11) is 2.52. The summed E-state index contributed by atoms with van der Waals surface area (Å²) in [4.78, 5) is 2.16. The van der Waals surface area contributed by atoms with Crippen molar-refractivity contribution in [1.82, 2.24) is 10.2 Å². The maximum Gasteiger partial charge on any atom is 0.500 e. The van der Waals surface area contributed by atoms with E-state index in [0.29, 0.717) is 0 Å². The van der Waals surface area contributed by atoms with Crippen LogP contribution in [0.5, 0.6) is 0 Å². The highest BCUT2D eigenvalue weighted by molar-refractivity contribution is 7.80. The molecule has 7 heteroatoms. The minimum absolute atomic E-state index is 0.815. The van der Waals surface area contributed by atoms with Crippen molar-refractivity contribution < 1.29 is 13.3 Å². The van der Waals surface area contributed by atoms with Gasteiger partial charge in [-0.2, -0.15) is 0 Å². The van der Waals surface area contributed by atoms with Crippen LogP contribution in [0.1, 0.15) is 6.42 Å². The Labute approximate surface area is 103 Å². The average molecular weight is 264 g/mol. The third-order valence-electron chi connectivity index (χ3n) is 2.79. The van der Waals surface area contributed by atoms with E-state index in [1.165, 1.54) is 0 Å². The minimum Gasteiger partial charge on any atom is -0.377 e. The normalized spacial score (nSPS) is 16.7. The van der Waals surface area contributed by atoms with Gasteiger partial charge in [0.2, 0.25) is 0 Å². The molecule has 5 nitrogen and oxygen atoms in total. The highest BCUT2D eigenvalue weighted by atomic mass is 32.1. The van der Waals surface area contributed by atoms with E-state index >= 15 is 0 Å². The van der Waals surface area contributed by atoms with Gasteiger partial charge in [-0.25, -0.2) is 0 Å². The molecule has 1 aliphatic heterocycles. The lowest BCUT2D eigenvalue weighted by molar-refractivity contribution is 0.122. The lowest BCUT2D eigenvalue weighted by Crippen LogP contribution is -2.43. The van der Waals surface area contributed by atoms with Crippen molar-refractivity contribution in [3.05, 3.63) is 0 Å².